The topological polar surface area (TPSA) is 98.0 Å². The summed E-state index contributed by atoms with van der Waals surface area (Å²) < 4.78 is 24.4. The minimum absolute atomic E-state index is 0. The first-order valence-electron chi connectivity index (χ1n) is 3.61. The molecule has 1 aromatic heterocycles. The van der Waals surface area contributed by atoms with E-state index in [-0.39, 0.29) is 30.7 Å². The van der Waals surface area contributed by atoms with Gasteiger partial charge in [0.2, 0.25) is 16.0 Å². The highest BCUT2D eigenvalue weighted by Crippen LogP contribution is 1.98. The fourth-order valence-electron chi connectivity index (χ4n) is 0.697. The highest BCUT2D eigenvalue weighted by molar-refractivity contribution is 7.92. The van der Waals surface area contributed by atoms with Gasteiger partial charge in [0.05, 0.1) is 5.75 Å². The van der Waals surface area contributed by atoms with Crippen molar-refractivity contribution in [3.63, 3.8) is 0 Å². The maximum absolute atomic E-state index is 11.1. The molecule has 1 aromatic rings. The Bertz CT molecular complexity index is 355. The molecule has 0 fully saturated rings. The number of nitrogens with zero attached hydrogens (tertiary/aromatic N) is 2. The third kappa shape index (κ3) is 4.35. The van der Waals surface area contributed by atoms with Crippen LogP contribution in [0.3, 0.4) is 0 Å². The van der Waals surface area contributed by atoms with Gasteiger partial charge in [-0.3, -0.25) is 4.72 Å². The third-order valence-corrected chi connectivity index (χ3v) is 2.47. The lowest BCUT2D eigenvalue weighted by atomic mass is 10.7. The largest absolute Gasteiger partial charge is 0.329 e. The van der Waals surface area contributed by atoms with Crippen molar-refractivity contribution in [1.29, 1.82) is 0 Å². The summed E-state index contributed by atoms with van der Waals surface area (Å²) in [5.41, 5.74) is 5.11. The van der Waals surface area contributed by atoms with E-state index in [1.165, 1.54) is 12.4 Å². The Balaban J connectivity index is 0.00000169. The van der Waals surface area contributed by atoms with Crippen LogP contribution in [0.1, 0.15) is 0 Å². The summed E-state index contributed by atoms with van der Waals surface area (Å²) in [4.78, 5) is 7.41. The van der Waals surface area contributed by atoms with E-state index in [4.69, 9.17) is 5.73 Å². The summed E-state index contributed by atoms with van der Waals surface area (Å²) in [6.45, 7) is 0.0716. The second-order valence-corrected chi connectivity index (χ2v) is 4.12. The first-order chi connectivity index (χ1) is 6.14. The quantitative estimate of drug-likeness (QED) is 0.744. The Morgan fingerprint density at radius 3 is 2.43 bits per heavy atom. The Hall–Kier alpha value is -0.920. The van der Waals surface area contributed by atoms with Crippen LogP contribution in [0.25, 0.3) is 0 Å². The zero-order chi connectivity index (χ0) is 9.73. The van der Waals surface area contributed by atoms with Crippen molar-refractivity contribution in [3.8, 4) is 0 Å². The van der Waals surface area contributed by atoms with Crippen LogP contribution in [0.5, 0.6) is 0 Å². The second kappa shape index (κ2) is 5.74. The van der Waals surface area contributed by atoms with E-state index in [1.54, 1.807) is 6.07 Å². The molecular formula is C6H11ClN4O2S. The molecule has 3 N–H and O–H groups in total. The predicted octanol–water partition coefficient (Wildman–Crippen LogP) is -0.401. The first-order valence-corrected chi connectivity index (χ1v) is 5.27. The lowest BCUT2D eigenvalue weighted by Gasteiger charge is -2.03. The second-order valence-electron chi connectivity index (χ2n) is 2.28. The van der Waals surface area contributed by atoms with Crippen molar-refractivity contribution in [1.82, 2.24) is 9.97 Å². The smallest absolute Gasteiger partial charge is 0.236 e. The molecule has 1 rings (SSSR count). The Kier molecular flexibility index (Phi) is 5.36. The summed E-state index contributed by atoms with van der Waals surface area (Å²) in [5, 5.41) is 0. The molecule has 0 saturated heterocycles. The lowest BCUT2D eigenvalue weighted by Crippen LogP contribution is -2.23. The van der Waals surface area contributed by atoms with Gasteiger partial charge in [-0.05, 0) is 6.07 Å². The first kappa shape index (κ1) is 13.1. The number of nitrogens with one attached hydrogen (secondary N) is 1. The van der Waals surface area contributed by atoms with Gasteiger partial charge in [0, 0.05) is 18.9 Å². The monoisotopic (exact) mass is 238 g/mol. The molecule has 0 unspecified atom stereocenters. The molecule has 0 radical (unpaired) electrons. The molecule has 0 atom stereocenters. The standard InChI is InChI=1S/C6H10N4O2S.ClH/c7-2-5-13(11,12)10-6-8-3-1-4-9-6;/h1,3-4H,2,5,7H2,(H,8,9,10);1H. The average molecular weight is 239 g/mol. The summed E-state index contributed by atoms with van der Waals surface area (Å²) in [7, 11) is -3.38. The van der Waals surface area contributed by atoms with Gasteiger partial charge in [-0.25, -0.2) is 18.4 Å². The highest BCUT2D eigenvalue weighted by Gasteiger charge is 2.09. The van der Waals surface area contributed by atoms with Gasteiger partial charge in [-0.1, -0.05) is 0 Å². The predicted molar refractivity (Wildman–Crippen MR) is 55.7 cm³/mol. The van der Waals surface area contributed by atoms with Crippen molar-refractivity contribution in [2.75, 3.05) is 17.0 Å². The highest BCUT2D eigenvalue weighted by atomic mass is 35.5. The van der Waals surface area contributed by atoms with Crippen molar-refractivity contribution in [2.24, 2.45) is 5.73 Å². The Morgan fingerprint density at radius 1 is 1.36 bits per heavy atom. The van der Waals surface area contributed by atoms with Crippen molar-refractivity contribution < 1.29 is 8.42 Å². The maximum Gasteiger partial charge on any atom is 0.236 e. The van der Waals surface area contributed by atoms with E-state index in [1.807, 2.05) is 0 Å². The van der Waals surface area contributed by atoms with Gasteiger partial charge in [-0.15, -0.1) is 12.4 Å². The molecule has 80 valence electrons. The zero-order valence-corrected chi connectivity index (χ0v) is 8.88. The number of hydrogen-bond donors (Lipinski definition) is 2. The molecular weight excluding hydrogens is 228 g/mol. The van der Waals surface area contributed by atoms with Gasteiger partial charge in [-0.2, -0.15) is 0 Å². The minimum Gasteiger partial charge on any atom is -0.329 e. The molecule has 0 aromatic carbocycles. The van der Waals surface area contributed by atoms with Crippen LogP contribution < -0.4 is 10.5 Å². The fraction of sp³-hybridized carbons (Fsp3) is 0.333. The maximum atomic E-state index is 11.1. The zero-order valence-electron chi connectivity index (χ0n) is 7.25. The van der Waals surface area contributed by atoms with Crippen LogP contribution in [-0.2, 0) is 10.0 Å². The number of anilines is 1. The van der Waals surface area contributed by atoms with Crippen molar-refractivity contribution in [2.45, 2.75) is 0 Å². The van der Waals surface area contributed by atoms with Crippen molar-refractivity contribution >= 4 is 28.4 Å². The van der Waals surface area contributed by atoms with Gasteiger partial charge in [0.25, 0.3) is 0 Å². The Labute approximate surface area is 88.4 Å². The number of nitrogens with two attached hydrogens (primary N) is 1. The summed E-state index contributed by atoms with van der Waals surface area (Å²) in [6, 6.07) is 1.60. The van der Waals surface area contributed by atoms with Crippen LogP contribution in [0, 0.1) is 0 Å². The molecule has 1 heterocycles. The molecule has 0 amide bonds. The van der Waals surface area contributed by atoms with E-state index >= 15 is 0 Å². The molecule has 0 aliphatic heterocycles. The molecule has 14 heavy (non-hydrogen) atoms. The van der Waals surface area contributed by atoms with E-state index in [2.05, 4.69) is 14.7 Å². The van der Waals surface area contributed by atoms with E-state index in [0.29, 0.717) is 0 Å². The van der Waals surface area contributed by atoms with Crippen LogP contribution in [0.4, 0.5) is 5.95 Å². The number of halogens is 1. The van der Waals surface area contributed by atoms with E-state index < -0.39 is 10.0 Å². The van der Waals surface area contributed by atoms with E-state index in [0.717, 1.165) is 0 Å². The molecule has 0 aliphatic rings. The normalized spacial score (nSPS) is 10.4. The molecule has 0 aliphatic carbocycles. The van der Waals surface area contributed by atoms with Gasteiger partial charge < -0.3 is 5.73 Å². The molecule has 0 bridgehead atoms. The SMILES string of the molecule is Cl.NCCS(=O)(=O)Nc1ncccn1. The number of rotatable bonds is 4. The van der Waals surface area contributed by atoms with Gasteiger partial charge in [0.15, 0.2) is 0 Å². The summed E-state index contributed by atoms with van der Waals surface area (Å²) >= 11 is 0. The van der Waals surface area contributed by atoms with Crippen LogP contribution in [-0.4, -0.2) is 30.7 Å². The molecule has 0 saturated carbocycles. The minimum atomic E-state index is -3.38. The number of aromatic nitrogens is 2. The number of sulfonamides is 1. The third-order valence-electron chi connectivity index (χ3n) is 1.20. The van der Waals surface area contributed by atoms with Gasteiger partial charge >= 0.3 is 0 Å². The van der Waals surface area contributed by atoms with Crippen molar-refractivity contribution in [3.05, 3.63) is 18.5 Å². The molecule has 0 spiro atoms. The van der Waals surface area contributed by atoms with Crippen LogP contribution >= 0.6 is 12.4 Å². The van der Waals surface area contributed by atoms with Crippen LogP contribution in [0.15, 0.2) is 18.5 Å². The lowest BCUT2D eigenvalue weighted by molar-refractivity contribution is 0.600. The van der Waals surface area contributed by atoms with Crippen LogP contribution in [0.2, 0.25) is 0 Å². The molecule has 6 nitrogen and oxygen atoms in total. The Morgan fingerprint density at radius 2 is 1.93 bits per heavy atom. The number of hydrogen-bond acceptors (Lipinski definition) is 5. The fourth-order valence-corrected chi connectivity index (χ4v) is 1.49. The van der Waals surface area contributed by atoms with Gasteiger partial charge in [0.1, 0.15) is 0 Å². The van der Waals surface area contributed by atoms with E-state index in [9.17, 15) is 8.42 Å². The molecule has 8 heteroatoms. The average Bonchev–Trinajstić information content (AvgIpc) is 2.04. The summed E-state index contributed by atoms with van der Waals surface area (Å²) in [5.74, 6) is -0.0680. The summed E-state index contributed by atoms with van der Waals surface area (Å²) in [6.07, 6.45) is 2.90.